The van der Waals surface area contributed by atoms with E-state index in [1.807, 2.05) is 38.1 Å². The third-order valence-corrected chi connectivity index (χ3v) is 5.53. The largest absolute Gasteiger partial charge is 0.494 e. The molecular formula is C21H28N2O4S. The van der Waals surface area contributed by atoms with Crippen LogP contribution >= 0.6 is 0 Å². The van der Waals surface area contributed by atoms with Crippen molar-refractivity contribution in [3.05, 3.63) is 59.7 Å². The number of anilines is 1. The van der Waals surface area contributed by atoms with E-state index < -0.39 is 10.0 Å². The molecule has 7 heteroatoms. The average Bonchev–Trinajstić information content (AvgIpc) is 2.66. The summed E-state index contributed by atoms with van der Waals surface area (Å²) in [5.74, 6) is 0.277. The maximum Gasteiger partial charge on any atom is 0.241 e. The predicted molar refractivity (Wildman–Crippen MR) is 112 cm³/mol. The number of nitrogens with one attached hydrogen (secondary N) is 1. The van der Waals surface area contributed by atoms with Gasteiger partial charge < -0.3 is 10.1 Å². The summed E-state index contributed by atoms with van der Waals surface area (Å²) in [4.78, 5) is 12.5. The Balaban J connectivity index is 2.10. The van der Waals surface area contributed by atoms with Crippen LogP contribution in [-0.4, -0.2) is 33.7 Å². The van der Waals surface area contributed by atoms with Crippen LogP contribution in [0, 0.1) is 0 Å². The Morgan fingerprint density at radius 1 is 1.07 bits per heavy atom. The fourth-order valence-corrected chi connectivity index (χ4v) is 3.67. The lowest BCUT2D eigenvalue weighted by Crippen LogP contribution is -2.41. The number of sulfonamides is 1. The Bertz CT molecular complexity index is 878. The Kier molecular flexibility index (Phi) is 7.45. The van der Waals surface area contributed by atoms with Gasteiger partial charge in [0.25, 0.3) is 0 Å². The van der Waals surface area contributed by atoms with E-state index in [9.17, 15) is 13.2 Å². The van der Waals surface area contributed by atoms with Crippen molar-refractivity contribution in [2.24, 2.45) is 0 Å². The molecule has 2 aromatic rings. The molecule has 2 aromatic carbocycles. The molecule has 0 aliphatic carbocycles. The zero-order valence-corrected chi connectivity index (χ0v) is 17.6. The number of benzene rings is 2. The van der Waals surface area contributed by atoms with Crippen LogP contribution in [0.15, 0.2) is 48.5 Å². The lowest BCUT2D eigenvalue weighted by atomic mass is 10.1. The van der Waals surface area contributed by atoms with Crippen molar-refractivity contribution in [1.29, 1.82) is 0 Å². The van der Waals surface area contributed by atoms with E-state index in [2.05, 4.69) is 12.2 Å². The standard InChI is InChI=1S/C21H28N2O4S/c1-5-17-7-9-18(10-8-17)16(3)22-21(24)15-23(28(4,25)26)19-11-13-20(14-12-19)27-6-2/h7-14,16H,5-6,15H2,1-4H3,(H,22,24). The van der Waals surface area contributed by atoms with Crippen molar-refractivity contribution >= 4 is 21.6 Å². The second kappa shape index (κ2) is 9.59. The SMILES string of the molecule is CCOc1ccc(N(CC(=O)NC(C)c2ccc(CC)cc2)S(C)(=O)=O)cc1. The first-order valence-corrected chi connectivity index (χ1v) is 11.2. The van der Waals surface area contributed by atoms with Gasteiger partial charge in [0.05, 0.1) is 24.6 Å². The molecule has 2 rings (SSSR count). The molecule has 1 atom stereocenters. The van der Waals surface area contributed by atoms with Crippen LogP contribution < -0.4 is 14.4 Å². The molecule has 0 saturated carbocycles. The molecule has 0 saturated heterocycles. The van der Waals surface area contributed by atoms with E-state index in [0.29, 0.717) is 18.0 Å². The van der Waals surface area contributed by atoms with Crippen molar-refractivity contribution in [2.75, 3.05) is 23.7 Å². The summed E-state index contributed by atoms with van der Waals surface area (Å²) in [6.45, 7) is 6.07. The van der Waals surface area contributed by atoms with Crippen molar-refractivity contribution in [1.82, 2.24) is 5.32 Å². The zero-order valence-electron chi connectivity index (χ0n) is 16.8. The fraction of sp³-hybridized carbons (Fsp3) is 0.381. The number of rotatable bonds is 9. The Morgan fingerprint density at radius 2 is 1.68 bits per heavy atom. The number of carbonyl (C=O) groups excluding carboxylic acids is 1. The van der Waals surface area contributed by atoms with E-state index in [1.165, 1.54) is 5.56 Å². The summed E-state index contributed by atoms with van der Waals surface area (Å²) < 4.78 is 30.9. The van der Waals surface area contributed by atoms with Crippen LogP contribution in [-0.2, 0) is 21.2 Å². The van der Waals surface area contributed by atoms with Crippen LogP contribution in [0.4, 0.5) is 5.69 Å². The first-order chi connectivity index (χ1) is 13.2. The van der Waals surface area contributed by atoms with Gasteiger partial charge in [-0.05, 0) is 55.7 Å². The van der Waals surface area contributed by atoms with E-state index in [4.69, 9.17) is 4.74 Å². The van der Waals surface area contributed by atoms with Crippen molar-refractivity contribution in [3.8, 4) is 5.75 Å². The fourth-order valence-electron chi connectivity index (χ4n) is 2.82. The monoisotopic (exact) mass is 404 g/mol. The number of amides is 1. The molecule has 152 valence electrons. The molecule has 28 heavy (non-hydrogen) atoms. The maximum absolute atomic E-state index is 12.5. The number of hydrogen-bond donors (Lipinski definition) is 1. The summed E-state index contributed by atoms with van der Waals surface area (Å²) in [5.41, 5.74) is 2.61. The lowest BCUT2D eigenvalue weighted by molar-refractivity contribution is -0.120. The van der Waals surface area contributed by atoms with Gasteiger partial charge in [-0.3, -0.25) is 9.10 Å². The molecule has 1 amide bonds. The molecule has 0 heterocycles. The molecule has 0 fully saturated rings. The van der Waals surface area contributed by atoms with Gasteiger partial charge in [0, 0.05) is 0 Å². The highest BCUT2D eigenvalue weighted by Gasteiger charge is 2.22. The van der Waals surface area contributed by atoms with Gasteiger partial charge in [-0.2, -0.15) is 0 Å². The lowest BCUT2D eigenvalue weighted by Gasteiger charge is -2.23. The molecule has 6 nitrogen and oxygen atoms in total. The van der Waals surface area contributed by atoms with Crippen molar-refractivity contribution in [2.45, 2.75) is 33.2 Å². The summed E-state index contributed by atoms with van der Waals surface area (Å²) in [7, 11) is -3.62. The Morgan fingerprint density at radius 3 is 2.18 bits per heavy atom. The second-order valence-electron chi connectivity index (χ2n) is 6.58. The minimum Gasteiger partial charge on any atom is -0.494 e. The smallest absolute Gasteiger partial charge is 0.241 e. The zero-order chi connectivity index (χ0) is 20.7. The predicted octanol–water partition coefficient (Wildman–Crippen LogP) is 3.29. The van der Waals surface area contributed by atoms with E-state index in [1.54, 1.807) is 24.3 Å². The van der Waals surface area contributed by atoms with Gasteiger partial charge in [-0.25, -0.2) is 8.42 Å². The number of nitrogens with zero attached hydrogens (tertiary/aromatic N) is 1. The Hall–Kier alpha value is -2.54. The Labute approximate surface area is 167 Å². The van der Waals surface area contributed by atoms with Crippen molar-refractivity contribution < 1.29 is 17.9 Å². The molecule has 0 aromatic heterocycles. The normalized spacial score (nSPS) is 12.3. The minimum absolute atomic E-state index is 0.222. The molecular weight excluding hydrogens is 376 g/mol. The van der Waals surface area contributed by atoms with Crippen LogP contribution in [0.5, 0.6) is 5.75 Å². The minimum atomic E-state index is -3.62. The molecule has 0 spiro atoms. The van der Waals surface area contributed by atoms with E-state index in [0.717, 1.165) is 22.5 Å². The third-order valence-electron chi connectivity index (χ3n) is 4.39. The second-order valence-corrected chi connectivity index (χ2v) is 8.49. The summed E-state index contributed by atoms with van der Waals surface area (Å²) in [6, 6.07) is 14.4. The molecule has 1 N–H and O–H groups in total. The molecule has 0 radical (unpaired) electrons. The van der Waals surface area contributed by atoms with Gasteiger partial charge in [-0.1, -0.05) is 31.2 Å². The topological polar surface area (TPSA) is 75.7 Å². The quantitative estimate of drug-likeness (QED) is 0.696. The van der Waals surface area contributed by atoms with Crippen LogP contribution in [0.1, 0.15) is 37.9 Å². The van der Waals surface area contributed by atoms with Crippen LogP contribution in [0.2, 0.25) is 0 Å². The summed E-state index contributed by atoms with van der Waals surface area (Å²) >= 11 is 0. The maximum atomic E-state index is 12.5. The summed E-state index contributed by atoms with van der Waals surface area (Å²) in [6.07, 6.45) is 2.04. The van der Waals surface area contributed by atoms with Gasteiger partial charge in [-0.15, -0.1) is 0 Å². The highest BCUT2D eigenvalue weighted by molar-refractivity contribution is 7.92. The number of aryl methyl sites for hydroxylation is 1. The number of ether oxygens (including phenoxy) is 1. The van der Waals surface area contributed by atoms with Gasteiger partial charge in [0.15, 0.2) is 0 Å². The molecule has 0 aliphatic heterocycles. The summed E-state index contributed by atoms with van der Waals surface area (Å²) in [5, 5.41) is 2.87. The third kappa shape index (κ3) is 5.99. The van der Waals surface area contributed by atoms with Gasteiger partial charge >= 0.3 is 0 Å². The van der Waals surface area contributed by atoms with Crippen LogP contribution in [0.25, 0.3) is 0 Å². The van der Waals surface area contributed by atoms with E-state index >= 15 is 0 Å². The van der Waals surface area contributed by atoms with Gasteiger partial charge in [0.2, 0.25) is 15.9 Å². The highest BCUT2D eigenvalue weighted by Crippen LogP contribution is 2.22. The van der Waals surface area contributed by atoms with Crippen molar-refractivity contribution in [3.63, 3.8) is 0 Å². The first kappa shape index (κ1) is 21.8. The molecule has 1 unspecified atom stereocenters. The molecule has 0 bridgehead atoms. The van der Waals surface area contributed by atoms with Crippen LogP contribution in [0.3, 0.4) is 0 Å². The average molecular weight is 405 g/mol. The van der Waals surface area contributed by atoms with Gasteiger partial charge in [0.1, 0.15) is 12.3 Å². The number of carbonyl (C=O) groups is 1. The highest BCUT2D eigenvalue weighted by atomic mass is 32.2. The molecule has 0 aliphatic rings. The van der Waals surface area contributed by atoms with E-state index in [-0.39, 0.29) is 18.5 Å². The first-order valence-electron chi connectivity index (χ1n) is 9.33. The number of hydrogen-bond acceptors (Lipinski definition) is 4.